The van der Waals surface area contributed by atoms with Gasteiger partial charge in [-0.3, -0.25) is 0 Å². The van der Waals surface area contributed by atoms with E-state index >= 15 is 0 Å². The molecule has 3 rings (SSSR count). The second kappa shape index (κ2) is 5.10. The van der Waals surface area contributed by atoms with Crippen molar-refractivity contribution in [3.8, 4) is 0 Å². The lowest BCUT2D eigenvalue weighted by molar-refractivity contribution is 0.311. The molecular weight excluding hydrogens is 212 g/mol. The van der Waals surface area contributed by atoms with Gasteiger partial charge in [0.05, 0.1) is 5.69 Å². The predicted octanol–water partition coefficient (Wildman–Crippen LogP) is 1.05. The summed E-state index contributed by atoms with van der Waals surface area (Å²) in [6.45, 7) is 4.58. The van der Waals surface area contributed by atoms with Gasteiger partial charge in [0.2, 0.25) is 0 Å². The van der Waals surface area contributed by atoms with Crippen molar-refractivity contribution in [2.75, 3.05) is 19.6 Å². The molecule has 1 atom stereocenters. The zero-order chi connectivity index (χ0) is 11.5. The van der Waals surface area contributed by atoms with Crippen LogP contribution in [0.4, 0.5) is 0 Å². The summed E-state index contributed by atoms with van der Waals surface area (Å²) in [7, 11) is 0. The molecule has 1 saturated carbocycles. The maximum Gasteiger partial charge on any atom is 0.115 e. The largest absolute Gasteiger partial charge is 0.311 e. The lowest BCUT2D eigenvalue weighted by Crippen LogP contribution is -2.27. The minimum Gasteiger partial charge on any atom is -0.311 e. The van der Waals surface area contributed by atoms with Crippen LogP contribution in [0.15, 0.2) is 18.6 Å². The van der Waals surface area contributed by atoms with Gasteiger partial charge in [-0.1, -0.05) is 0 Å². The van der Waals surface area contributed by atoms with Gasteiger partial charge in [0.1, 0.15) is 6.33 Å². The molecule has 1 N–H and O–H groups in total. The van der Waals surface area contributed by atoms with Gasteiger partial charge in [-0.15, -0.1) is 0 Å². The van der Waals surface area contributed by atoms with Crippen LogP contribution < -0.4 is 5.32 Å². The first-order valence-electron chi connectivity index (χ1n) is 6.61. The third-order valence-corrected chi connectivity index (χ3v) is 3.76. The summed E-state index contributed by atoms with van der Waals surface area (Å²) in [5.41, 5.74) is 1.08. The standard InChI is InChI=1S/C13H20N4/c1-2-13(1)17-6-4-11(9-17)7-15-8-12-3-5-14-10-16-12/h3,5,10-11,13,15H,1-2,4,6-9H2. The summed E-state index contributed by atoms with van der Waals surface area (Å²) >= 11 is 0. The predicted molar refractivity (Wildman–Crippen MR) is 66.4 cm³/mol. The van der Waals surface area contributed by atoms with Crippen molar-refractivity contribution in [1.29, 1.82) is 0 Å². The first-order chi connectivity index (χ1) is 8.42. The maximum absolute atomic E-state index is 4.21. The highest BCUT2D eigenvalue weighted by Crippen LogP contribution is 2.31. The van der Waals surface area contributed by atoms with Crippen molar-refractivity contribution in [1.82, 2.24) is 20.2 Å². The monoisotopic (exact) mass is 232 g/mol. The van der Waals surface area contributed by atoms with E-state index in [4.69, 9.17) is 0 Å². The minimum atomic E-state index is 0.831. The second-order valence-corrected chi connectivity index (χ2v) is 5.21. The molecule has 0 aromatic carbocycles. The molecule has 1 saturated heterocycles. The molecule has 2 aliphatic rings. The van der Waals surface area contributed by atoms with Crippen LogP contribution in [0.3, 0.4) is 0 Å². The number of nitrogens with one attached hydrogen (secondary N) is 1. The molecule has 1 aliphatic carbocycles. The molecule has 1 aliphatic heterocycles. The lowest BCUT2D eigenvalue weighted by Gasteiger charge is -2.15. The van der Waals surface area contributed by atoms with E-state index in [0.717, 1.165) is 30.7 Å². The third kappa shape index (κ3) is 3.01. The highest BCUT2D eigenvalue weighted by molar-refractivity contribution is 4.97. The van der Waals surface area contributed by atoms with Crippen LogP contribution in [0.1, 0.15) is 25.0 Å². The van der Waals surface area contributed by atoms with E-state index < -0.39 is 0 Å². The Bertz CT molecular complexity index is 350. The van der Waals surface area contributed by atoms with Crippen LogP contribution in [-0.2, 0) is 6.54 Å². The molecule has 1 aromatic rings. The van der Waals surface area contributed by atoms with Crippen molar-refractivity contribution < 1.29 is 0 Å². The van der Waals surface area contributed by atoms with E-state index in [-0.39, 0.29) is 0 Å². The average Bonchev–Trinajstić information content (AvgIpc) is 3.11. The normalized spacial score (nSPS) is 25.3. The molecule has 2 fully saturated rings. The van der Waals surface area contributed by atoms with Crippen molar-refractivity contribution in [3.63, 3.8) is 0 Å². The van der Waals surface area contributed by atoms with Crippen molar-refractivity contribution in [3.05, 3.63) is 24.3 Å². The molecule has 0 spiro atoms. The van der Waals surface area contributed by atoms with Crippen molar-refractivity contribution >= 4 is 0 Å². The first kappa shape index (κ1) is 11.1. The Hall–Kier alpha value is -1.00. The van der Waals surface area contributed by atoms with Crippen LogP contribution >= 0.6 is 0 Å². The van der Waals surface area contributed by atoms with Crippen LogP contribution in [0.5, 0.6) is 0 Å². The fourth-order valence-corrected chi connectivity index (χ4v) is 2.63. The van der Waals surface area contributed by atoms with Gasteiger partial charge in [0, 0.05) is 25.3 Å². The minimum absolute atomic E-state index is 0.831. The molecule has 92 valence electrons. The van der Waals surface area contributed by atoms with E-state index in [9.17, 15) is 0 Å². The molecule has 1 unspecified atom stereocenters. The Morgan fingerprint density at radius 3 is 3.06 bits per heavy atom. The fourth-order valence-electron chi connectivity index (χ4n) is 2.63. The molecule has 17 heavy (non-hydrogen) atoms. The number of hydrogen-bond acceptors (Lipinski definition) is 4. The highest BCUT2D eigenvalue weighted by Gasteiger charge is 2.33. The topological polar surface area (TPSA) is 41.0 Å². The van der Waals surface area contributed by atoms with Gasteiger partial charge in [-0.05, 0) is 44.3 Å². The molecule has 0 amide bonds. The Labute approximate surface area is 102 Å². The Morgan fingerprint density at radius 1 is 1.35 bits per heavy atom. The Kier molecular flexibility index (Phi) is 3.34. The Balaban J connectivity index is 1.37. The van der Waals surface area contributed by atoms with E-state index in [1.807, 2.05) is 6.07 Å². The van der Waals surface area contributed by atoms with E-state index in [1.54, 1.807) is 12.5 Å². The van der Waals surface area contributed by atoms with Crippen molar-refractivity contribution in [2.45, 2.75) is 31.8 Å². The van der Waals surface area contributed by atoms with Gasteiger partial charge < -0.3 is 10.2 Å². The van der Waals surface area contributed by atoms with Gasteiger partial charge >= 0.3 is 0 Å². The average molecular weight is 232 g/mol. The molecule has 1 aromatic heterocycles. The molecule has 2 heterocycles. The summed E-state index contributed by atoms with van der Waals surface area (Å²) in [5, 5.41) is 3.51. The van der Waals surface area contributed by atoms with Crippen molar-refractivity contribution in [2.24, 2.45) is 5.92 Å². The summed E-state index contributed by atoms with van der Waals surface area (Å²) in [6, 6.07) is 2.90. The fraction of sp³-hybridized carbons (Fsp3) is 0.692. The number of likely N-dealkylation sites (tertiary alicyclic amines) is 1. The number of hydrogen-bond donors (Lipinski definition) is 1. The van der Waals surface area contributed by atoms with Gasteiger partial charge in [-0.2, -0.15) is 0 Å². The van der Waals surface area contributed by atoms with Crippen LogP contribution in [0, 0.1) is 5.92 Å². The molecule has 0 radical (unpaired) electrons. The van der Waals surface area contributed by atoms with Gasteiger partial charge in [0.25, 0.3) is 0 Å². The van der Waals surface area contributed by atoms with E-state index in [1.165, 1.54) is 32.4 Å². The lowest BCUT2D eigenvalue weighted by atomic mass is 10.1. The smallest absolute Gasteiger partial charge is 0.115 e. The van der Waals surface area contributed by atoms with Crippen LogP contribution in [0.2, 0.25) is 0 Å². The van der Waals surface area contributed by atoms with Gasteiger partial charge in [0.15, 0.2) is 0 Å². The zero-order valence-electron chi connectivity index (χ0n) is 10.2. The number of nitrogens with zero attached hydrogens (tertiary/aromatic N) is 3. The summed E-state index contributed by atoms with van der Waals surface area (Å²) < 4.78 is 0. The maximum atomic E-state index is 4.21. The SMILES string of the molecule is c1cc(CNCC2CCN(C3CC3)C2)ncn1. The Morgan fingerprint density at radius 2 is 2.29 bits per heavy atom. The zero-order valence-corrected chi connectivity index (χ0v) is 10.2. The number of aromatic nitrogens is 2. The first-order valence-corrected chi connectivity index (χ1v) is 6.61. The number of rotatable bonds is 5. The summed E-state index contributed by atoms with van der Waals surface area (Å²) in [5.74, 6) is 0.831. The molecule has 0 bridgehead atoms. The summed E-state index contributed by atoms with van der Waals surface area (Å²) in [4.78, 5) is 10.8. The second-order valence-electron chi connectivity index (χ2n) is 5.21. The molecule has 4 heteroatoms. The van der Waals surface area contributed by atoms with E-state index in [0.29, 0.717) is 0 Å². The van der Waals surface area contributed by atoms with Gasteiger partial charge in [-0.25, -0.2) is 9.97 Å². The van der Waals surface area contributed by atoms with Crippen LogP contribution in [-0.4, -0.2) is 40.5 Å². The quantitative estimate of drug-likeness (QED) is 0.824. The molecule has 4 nitrogen and oxygen atoms in total. The summed E-state index contributed by atoms with van der Waals surface area (Å²) in [6.07, 6.45) is 7.63. The highest BCUT2D eigenvalue weighted by atomic mass is 15.2. The molecular formula is C13H20N4. The van der Waals surface area contributed by atoms with E-state index in [2.05, 4.69) is 20.2 Å². The third-order valence-electron chi connectivity index (χ3n) is 3.76. The van der Waals surface area contributed by atoms with Crippen LogP contribution in [0.25, 0.3) is 0 Å².